The van der Waals surface area contributed by atoms with Gasteiger partial charge in [-0.2, -0.15) is 0 Å². The summed E-state index contributed by atoms with van der Waals surface area (Å²) >= 11 is 0. The number of amides is 2. The molecule has 48 heavy (non-hydrogen) atoms. The third-order valence-corrected chi connectivity index (χ3v) is 8.90. The molecular weight excluding hydrogens is 596 g/mol. The SMILES string of the molecule is O=C1c2cccc(-n3c4cc(-c5cncnc5)ccc4c4ccc(-c5cncnc5)cc43)c2C(=O)N1c1cccc(-c2ccccc2)c1. The fourth-order valence-corrected chi connectivity index (χ4v) is 6.68. The molecule has 9 rings (SSSR count). The summed E-state index contributed by atoms with van der Waals surface area (Å²) in [6, 6.07) is 35.4. The average molecular weight is 621 g/mol. The quantitative estimate of drug-likeness (QED) is 0.180. The second-order valence-corrected chi connectivity index (χ2v) is 11.6. The maximum atomic E-state index is 14.5. The second kappa shape index (κ2) is 10.9. The molecule has 3 aromatic heterocycles. The molecule has 1 aliphatic rings. The van der Waals surface area contributed by atoms with E-state index in [9.17, 15) is 9.59 Å². The molecule has 0 unspecified atom stereocenters. The molecule has 0 aliphatic carbocycles. The lowest BCUT2D eigenvalue weighted by Crippen LogP contribution is -2.29. The molecule has 0 saturated carbocycles. The number of nitrogens with zero attached hydrogens (tertiary/aromatic N) is 6. The van der Waals surface area contributed by atoms with Crippen LogP contribution in [0, 0.1) is 0 Å². The highest BCUT2D eigenvalue weighted by Crippen LogP contribution is 2.40. The Morgan fingerprint density at radius 2 is 1.02 bits per heavy atom. The first-order valence-electron chi connectivity index (χ1n) is 15.4. The first-order chi connectivity index (χ1) is 23.7. The van der Waals surface area contributed by atoms with Gasteiger partial charge < -0.3 is 4.57 Å². The van der Waals surface area contributed by atoms with Gasteiger partial charge in [-0.25, -0.2) is 24.8 Å². The zero-order chi connectivity index (χ0) is 32.2. The fourth-order valence-electron chi connectivity index (χ4n) is 6.68. The minimum Gasteiger partial charge on any atom is -0.308 e. The van der Waals surface area contributed by atoms with E-state index in [0.29, 0.717) is 22.5 Å². The van der Waals surface area contributed by atoms with Gasteiger partial charge in [0.1, 0.15) is 12.7 Å². The predicted molar refractivity (Wildman–Crippen MR) is 186 cm³/mol. The Bertz CT molecular complexity index is 2450. The maximum Gasteiger partial charge on any atom is 0.268 e. The molecule has 0 N–H and O–H groups in total. The summed E-state index contributed by atoms with van der Waals surface area (Å²) in [6.45, 7) is 0. The average Bonchev–Trinajstić information content (AvgIpc) is 3.62. The molecule has 0 radical (unpaired) electrons. The Kier molecular flexibility index (Phi) is 6.26. The van der Waals surface area contributed by atoms with Crippen molar-refractivity contribution in [1.29, 1.82) is 0 Å². The van der Waals surface area contributed by atoms with Crippen LogP contribution in [0.2, 0.25) is 0 Å². The lowest BCUT2D eigenvalue weighted by atomic mass is 10.0. The highest BCUT2D eigenvalue weighted by atomic mass is 16.2. The number of fused-ring (bicyclic) bond motifs is 4. The van der Waals surface area contributed by atoms with Crippen molar-refractivity contribution in [2.45, 2.75) is 0 Å². The topological polar surface area (TPSA) is 93.9 Å². The number of anilines is 1. The number of rotatable bonds is 5. The van der Waals surface area contributed by atoms with Crippen LogP contribution in [0.4, 0.5) is 5.69 Å². The summed E-state index contributed by atoms with van der Waals surface area (Å²) in [4.78, 5) is 46.7. The molecule has 0 atom stereocenters. The normalized spacial score (nSPS) is 12.6. The van der Waals surface area contributed by atoms with E-state index >= 15 is 0 Å². The van der Waals surface area contributed by atoms with Crippen LogP contribution < -0.4 is 4.90 Å². The van der Waals surface area contributed by atoms with Gasteiger partial charge in [0, 0.05) is 46.7 Å². The number of carbonyl (C=O) groups is 2. The van der Waals surface area contributed by atoms with Crippen molar-refractivity contribution in [2.75, 3.05) is 4.90 Å². The standard InChI is InChI=1S/C40H24N6O2/c47-39-34-10-5-11-35(38(34)40(48)45(39)31-9-4-8-26(16-31)25-6-2-1-3-7-25)46-36-17-27(29-19-41-23-42-20-29)12-14-32(36)33-15-13-28(18-37(33)46)30-21-43-24-44-22-30/h1-24H. The zero-order valence-electron chi connectivity index (χ0n) is 25.4. The van der Waals surface area contributed by atoms with Gasteiger partial charge in [-0.05, 0) is 58.7 Å². The maximum absolute atomic E-state index is 14.5. The van der Waals surface area contributed by atoms with Gasteiger partial charge in [-0.15, -0.1) is 0 Å². The van der Waals surface area contributed by atoms with E-state index in [1.54, 1.807) is 36.9 Å². The van der Waals surface area contributed by atoms with E-state index in [4.69, 9.17) is 0 Å². The zero-order valence-corrected chi connectivity index (χ0v) is 25.4. The Balaban J connectivity index is 1.27. The van der Waals surface area contributed by atoms with Crippen molar-refractivity contribution < 1.29 is 9.59 Å². The van der Waals surface area contributed by atoms with Gasteiger partial charge in [0.2, 0.25) is 0 Å². The van der Waals surface area contributed by atoms with Crippen molar-refractivity contribution >= 4 is 39.3 Å². The summed E-state index contributed by atoms with van der Waals surface area (Å²) in [5, 5.41) is 2.01. The molecule has 1 aliphatic heterocycles. The molecule has 8 aromatic rings. The smallest absolute Gasteiger partial charge is 0.268 e. The Morgan fingerprint density at radius 1 is 0.458 bits per heavy atom. The van der Waals surface area contributed by atoms with E-state index in [0.717, 1.165) is 55.2 Å². The monoisotopic (exact) mass is 620 g/mol. The van der Waals surface area contributed by atoms with Crippen LogP contribution in [0.3, 0.4) is 0 Å². The molecule has 0 spiro atoms. The Labute approximate surface area is 274 Å². The number of benzene rings is 5. The molecule has 5 aromatic carbocycles. The van der Waals surface area contributed by atoms with E-state index in [1.807, 2.05) is 60.7 Å². The molecule has 226 valence electrons. The Morgan fingerprint density at radius 3 is 1.65 bits per heavy atom. The van der Waals surface area contributed by atoms with E-state index < -0.39 is 0 Å². The van der Waals surface area contributed by atoms with Crippen molar-refractivity contribution in [3.63, 3.8) is 0 Å². The van der Waals surface area contributed by atoms with Crippen LogP contribution in [-0.2, 0) is 0 Å². The molecule has 2 amide bonds. The molecular formula is C40H24N6O2. The fraction of sp³-hybridized carbons (Fsp3) is 0. The Hall–Kier alpha value is -6.80. The van der Waals surface area contributed by atoms with Crippen LogP contribution in [0.1, 0.15) is 20.7 Å². The van der Waals surface area contributed by atoms with Crippen LogP contribution >= 0.6 is 0 Å². The lowest BCUT2D eigenvalue weighted by Gasteiger charge is -2.16. The van der Waals surface area contributed by atoms with Gasteiger partial charge in [0.25, 0.3) is 11.8 Å². The largest absolute Gasteiger partial charge is 0.308 e. The van der Waals surface area contributed by atoms with Crippen molar-refractivity contribution in [2.24, 2.45) is 0 Å². The first kappa shape index (κ1) is 27.5. The van der Waals surface area contributed by atoms with Crippen LogP contribution in [0.15, 0.2) is 147 Å². The van der Waals surface area contributed by atoms with Crippen LogP contribution in [0.5, 0.6) is 0 Å². The summed E-state index contributed by atoms with van der Waals surface area (Å²) in [6.07, 6.45) is 10.1. The van der Waals surface area contributed by atoms with Crippen LogP contribution in [0.25, 0.3) is 60.9 Å². The van der Waals surface area contributed by atoms with Gasteiger partial charge in [-0.3, -0.25) is 9.59 Å². The number of imide groups is 1. The van der Waals surface area contributed by atoms with E-state index in [2.05, 4.69) is 60.9 Å². The molecule has 0 bridgehead atoms. The van der Waals surface area contributed by atoms with E-state index in [-0.39, 0.29) is 11.8 Å². The highest BCUT2D eigenvalue weighted by molar-refractivity contribution is 6.36. The van der Waals surface area contributed by atoms with Gasteiger partial charge >= 0.3 is 0 Å². The number of hydrogen-bond acceptors (Lipinski definition) is 6. The molecule has 0 saturated heterocycles. The third-order valence-electron chi connectivity index (χ3n) is 8.90. The first-order valence-corrected chi connectivity index (χ1v) is 15.4. The van der Waals surface area contributed by atoms with Crippen molar-refractivity contribution in [1.82, 2.24) is 24.5 Å². The molecule has 0 fully saturated rings. The van der Waals surface area contributed by atoms with Gasteiger partial charge in [0.05, 0.1) is 33.5 Å². The molecule has 8 nitrogen and oxygen atoms in total. The number of carbonyl (C=O) groups excluding carboxylic acids is 2. The molecule has 8 heteroatoms. The summed E-state index contributed by atoms with van der Waals surface area (Å²) in [7, 11) is 0. The van der Waals surface area contributed by atoms with Gasteiger partial charge in [0.15, 0.2) is 0 Å². The van der Waals surface area contributed by atoms with E-state index in [1.165, 1.54) is 17.6 Å². The summed E-state index contributed by atoms with van der Waals surface area (Å²) in [5.74, 6) is -0.724. The summed E-state index contributed by atoms with van der Waals surface area (Å²) in [5.41, 5.74) is 9.13. The number of hydrogen-bond donors (Lipinski definition) is 0. The lowest BCUT2D eigenvalue weighted by molar-refractivity contribution is 0.0926. The molecule has 4 heterocycles. The minimum atomic E-state index is -0.369. The summed E-state index contributed by atoms with van der Waals surface area (Å²) < 4.78 is 2.08. The minimum absolute atomic E-state index is 0.355. The van der Waals surface area contributed by atoms with Gasteiger partial charge in [-0.1, -0.05) is 72.8 Å². The second-order valence-electron chi connectivity index (χ2n) is 11.6. The van der Waals surface area contributed by atoms with Crippen molar-refractivity contribution in [3.05, 3.63) is 158 Å². The number of aromatic nitrogens is 5. The van der Waals surface area contributed by atoms with Crippen LogP contribution in [-0.4, -0.2) is 36.3 Å². The van der Waals surface area contributed by atoms with Crippen molar-refractivity contribution in [3.8, 4) is 39.1 Å². The third kappa shape index (κ3) is 4.31. The predicted octanol–water partition coefficient (Wildman–Crippen LogP) is 8.17. The highest BCUT2D eigenvalue weighted by Gasteiger charge is 2.39.